The van der Waals surface area contributed by atoms with Crippen LogP contribution in [0.15, 0.2) is 18.2 Å². The smallest absolute Gasteiger partial charge is 0.0410 e. The molecule has 0 amide bonds. The van der Waals surface area contributed by atoms with Crippen molar-refractivity contribution in [2.24, 2.45) is 0 Å². The summed E-state index contributed by atoms with van der Waals surface area (Å²) in [5, 5.41) is 1.22. The van der Waals surface area contributed by atoms with Crippen LogP contribution >= 0.6 is 23.2 Å². The van der Waals surface area contributed by atoms with Gasteiger partial charge < -0.3 is 0 Å². The molecule has 0 heterocycles. The monoisotopic (exact) mass is 212 g/mol. The van der Waals surface area contributed by atoms with Crippen LogP contribution in [0, 0.1) is 0 Å². The van der Waals surface area contributed by atoms with Crippen molar-refractivity contribution in [3.05, 3.63) is 34.3 Å². The Balaban J connectivity index is 2.16. The molecule has 3 atom stereocenters. The molecule has 1 saturated carbocycles. The maximum absolute atomic E-state index is 6.24. The normalized spacial score (nSPS) is 35.1. The van der Waals surface area contributed by atoms with E-state index < -0.39 is 0 Å². The van der Waals surface area contributed by atoms with Crippen LogP contribution in [0.25, 0.3) is 0 Å². The van der Waals surface area contributed by atoms with Crippen LogP contribution < -0.4 is 0 Å². The third kappa shape index (κ3) is 1.05. The maximum atomic E-state index is 6.24. The number of benzene rings is 1. The minimum absolute atomic E-state index is 0.360. The van der Waals surface area contributed by atoms with Gasteiger partial charge in [0.05, 0.1) is 0 Å². The van der Waals surface area contributed by atoms with Gasteiger partial charge in [0.2, 0.25) is 0 Å². The lowest BCUT2D eigenvalue weighted by Crippen LogP contribution is -2.09. The molecule has 68 valence electrons. The summed E-state index contributed by atoms with van der Waals surface area (Å²) in [4.78, 5) is 0. The van der Waals surface area contributed by atoms with Crippen LogP contribution in [0.5, 0.6) is 0 Å². The Morgan fingerprint density at radius 2 is 2.00 bits per heavy atom. The maximum Gasteiger partial charge on any atom is 0.0410 e. The molecule has 0 aliphatic heterocycles. The largest absolute Gasteiger partial charge is 0.122 e. The first-order chi connectivity index (χ1) is 6.25. The zero-order valence-electron chi connectivity index (χ0n) is 7.13. The van der Waals surface area contributed by atoms with Gasteiger partial charge in [-0.25, -0.2) is 0 Å². The summed E-state index contributed by atoms with van der Waals surface area (Å²) in [7, 11) is 0. The van der Waals surface area contributed by atoms with E-state index in [1.165, 1.54) is 17.5 Å². The molecule has 3 rings (SSSR count). The quantitative estimate of drug-likeness (QED) is 0.573. The molecule has 0 nitrogen and oxygen atoms in total. The van der Waals surface area contributed by atoms with E-state index in [0.717, 1.165) is 11.4 Å². The van der Waals surface area contributed by atoms with E-state index >= 15 is 0 Å². The topological polar surface area (TPSA) is 0 Å². The SMILES string of the molecule is Clc1ccc2c(c1)C1CC(Cl)C2C1. The lowest BCUT2D eigenvalue weighted by atomic mass is 9.92. The highest BCUT2D eigenvalue weighted by Crippen LogP contribution is 2.55. The Bertz CT molecular complexity index is 359. The fourth-order valence-electron chi connectivity index (χ4n) is 2.80. The molecule has 0 spiro atoms. The molecule has 0 aromatic heterocycles. The van der Waals surface area contributed by atoms with Crippen LogP contribution in [0.2, 0.25) is 5.02 Å². The van der Waals surface area contributed by atoms with E-state index in [2.05, 4.69) is 12.1 Å². The molecular formula is C11H10Cl2. The van der Waals surface area contributed by atoms with Gasteiger partial charge in [-0.2, -0.15) is 0 Å². The van der Waals surface area contributed by atoms with Crippen molar-refractivity contribution < 1.29 is 0 Å². The Morgan fingerprint density at radius 1 is 1.15 bits per heavy atom. The van der Waals surface area contributed by atoms with E-state index in [-0.39, 0.29) is 0 Å². The van der Waals surface area contributed by atoms with Gasteiger partial charge in [0, 0.05) is 16.3 Å². The van der Waals surface area contributed by atoms with Crippen molar-refractivity contribution in [1.29, 1.82) is 0 Å². The first-order valence-electron chi connectivity index (χ1n) is 4.69. The fraction of sp³-hybridized carbons (Fsp3) is 0.455. The third-order valence-electron chi connectivity index (χ3n) is 3.37. The molecule has 3 unspecified atom stereocenters. The number of alkyl halides is 1. The molecule has 0 saturated heterocycles. The highest BCUT2D eigenvalue weighted by atomic mass is 35.5. The van der Waals surface area contributed by atoms with Crippen LogP contribution in [0.1, 0.15) is 35.8 Å². The minimum Gasteiger partial charge on any atom is -0.122 e. The standard InChI is InChI=1S/C11H10Cl2/c12-7-1-2-8-9(5-7)6-3-10(8)11(13)4-6/h1-2,5-6,10-11H,3-4H2. The summed E-state index contributed by atoms with van der Waals surface area (Å²) in [5.74, 6) is 1.28. The minimum atomic E-state index is 0.360. The van der Waals surface area contributed by atoms with Crippen LogP contribution in [-0.2, 0) is 0 Å². The number of fused-ring (bicyclic) bond motifs is 5. The molecule has 1 aromatic rings. The zero-order chi connectivity index (χ0) is 9.00. The predicted molar refractivity (Wildman–Crippen MR) is 55.8 cm³/mol. The highest BCUT2D eigenvalue weighted by Gasteiger charge is 2.42. The van der Waals surface area contributed by atoms with Crippen molar-refractivity contribution in [3.63, 3.8) is 0 Å². The van der Waals surface area contributed by atoms with Crippen LogP contribution in [0.4, 0.5) is 0 Å². The average Bonchev–Trinajstić information content (AvgIpc) is 2.61. The van der Waals surface area contributed by atoms with Crippen molar-refractivity contribution in [2.45, 2.75) is 30.1 Å². The van der Waals surface area contributed by atoms with Crippen LogP contribution in [0.3, 0.4) is 0 Å². The summed E-state index contributed by atoms with van der Waals surface area (Å²) in [6.07, 6.45) is 2.38. The number of rotatable bonds is 0. The molecule has 2 aliphatic rings. The molecule has 2 heteroatoms. The predicted octanol–water partition coefficient (Wildman–Crippen LogP) is 3.92. The average molecular weight is 213 g/mol. The van der Waals surface area contributed by atoms with Gasteiger partial charge >= 0.3 is 0 Å². The Hall–Kier alpha value is -0.200. The molecular weight excluding hydrogens is 203 g/mol. The van der Waals surface area contributed by atoms with Gasteiger partial charge in [-0.15, -0.1) is 11.6 Å². The Kier molecular flexibility index (Phi) is 1.66. The molecule has 0 radical (unpaired) electrons. The fourth-order valence-corrected chi connectivity index (χ4v) is 3.43. The molecule has 2 aliphatic carbocycles. The molecule has 1 aromatic carbocycles. The lowest BCUT2D eigenvalue weighted by Gasteiger charge is -2.19. The first-order valence-corrected chi connectivity index (χ1v) is 5.50. The third-order valence-corrected chi connectivity index (χ3v) is 4.09. The van der Waals surface area contributed by atoms with E-state index in [0.29, 0.717) is 17.2 Å². The Morgan fingerprint density at radius 3 is 2.85 bits per heavy atom. The van der Waals surface area contributed by atoms with Crippen molar-refractivity contribution in [2.75, 3.05) is 0 Å². The first kappa shape index (κ1) is 8.14. The van der Waals surface area contributed by atoms with E-state index in [1.807, 2.05) is 6.07 Å². The van der Waals surface area contributed by atoms with Gasteiger partial charge in [0.15, 0.2) is 0 Å². The number of halogens is 2. The summed E-state index contributed by atoms with van der Waals surface area (Å²) in [6, 6.07) is 6.24. The van der Waals surface area contributed by atoms with Crippen molar-refractivity contribution in [1.82, 2.24) is 0 Å². The van der Waals surface area contributed by atoms with Crippen LogP contribution in [-0.4, -0.2) is 5.38 Å². The van der Waals surface area contributed by atoms with E-state index in [4.69, 9.17) is 23.2 Å². The lowest BCUT2D eigenvalue weighted by molar-refractivity contribution is 0.726. The van der Waals surface area contributed by atoms with E-state index in [9.17, 15) is 0 Å². The van der Waals surface area contributed by atoms with E-state index in [1.54, 1.807) is 0 Å². The van der Waals surface area contributed by atoms with Crippen molar-refractivity contribution >= 4 is 23.2 Å². The molecule has 2 bridgehead atoms. The Labute approximate surface area is 87.9 Å². The van der Waals surface area contributed by atoms with Gasteiger partial charge in [-0.05, 0) is 42.0 Å². The van der Waals surface area contributed by atoms with Gasteiger partial charge in [-0.1, -0.05) is 17.7 Å². The second kappa shape index (κ2) is 2.65. The summed E-state index contributed by atoms with van der Waals surface area (Å²) < 4.78 is 0. The van der Waals surface area contributed by atoms with Gasteiger partial charge in [0.25, 0.3) is 0 Å². The number of hydrogen-bond acceptors (Lipinski definition) is 0. The van der Waals surface area contributed by atoms with Gasteiger partial charge in [-0.3, -0.25) is 0 Å². The molecule has 0 N–H and O–H groups in total. The molecule has 1 fully saturated rings. The number of hydrogen-bond donors (Lipinski definition) is 0. The van der Waals surface area contributed by atoms with Crippen molar-refractivity contribution in [3.8, 4) is 0 Å². The highest BCUT2D eigenvalue weighted by molar-refractivity contribution is 6.30. The zero-order valence-corrected chi connectivity index (χ0v) is 8.65. The molecule has 13 heavy (non-hydrogen) atoms. The summed E-state index contributed by atoms with van der Waals surface area (Å²) in [6.45, 7) is 0. The summed E-state index contributed by atoms with van der Waals surface area (Å²) in [5.41, 5.74) is 2.90. The van der Waals surface area contributed by atoms with Gasteiger partial charge in [0.1, 0.15) is 0 Å². The second-order valence-electron chi connectivity index (χ2n) is 4.06. The second-order valence-corrected chi connectivity index (χ2v) is 5.06. The summed E-state index contributed by atoms with van der Waals surface area (Å²) >= 11 is 12.2.